The van der Waals surface area contributed by atoms with Gasteiger partial charge in [-0.2, -0.15) is 4.39 Å². The number of alkyl halides is 1. The molecule has 0 fully saturated rings. The van der Waals surface area contributed by atoms with Crippen LogP contribution in [0.4, 0.5) is 4.39 Å². The summed E-state index contributed by atoms with van der Waals surface area (Å²) in [6.45, 7) is 0. The number of nitrogens with zero attached hydrogens (tertiary/aromatic N) is 4. The minimum atomic E-state index is -1.52. The van der Waals surface area contributed by atoms with Gasteiger partial charge in [0.2, 0.25) is 0 Å². The van der Waals surface area contributed by atoms with Crippen molar-refractivity contribution in [2.75, 3.05) is 0 Å². The van der Waals surface area contributed by atoms with Crippen molar-refractivity contribution in [2.24, 2.45) is 4.99 Å². The third-order valence-electron chi connectivity index (χ3n) is 1.94. The summed E-state index contributed by atoms with van der Waals surface area (Å²) < 4.78 is 14.0. The molecule has 4 nitrogen and oxygen atoms in total. The van der Waals surface area contributed by atoms with E-state index < -0.39 is 6.42 Å². The monoisotopic (exact) mass is 226 g/mol. The molecule has 78 valence electrons. The number of halogens is 2. The van der Waals surface area contributed by atoms with E-state index in [-0.39, 0.29) is 0 Å². The largest absolute Gasteiger partial charge is 0.280 e. The van der Waals surface area contributed by atoms with E-state index in [1.54, 1.807) is 18.3 Å². The molecule has 0 radical (unpaired) electrons. The Kier molecular flexibility index (Phi) is 2.91. The van der Waals surface area contributed by atoms with E-state index in [9.17, 15) is 4.39 Å². The van der Waals surface area contributed by atoms with Crippen molar-refractivity contribution < 1.29 is 4.39 Å². The van der Waals surface area contributed by atoms with E-state index in [1.807, 2.05) is 0 Å². The minimum absolute atomic E-state index is 0.457. The average molecular weight is 227 g/mol. The van der Waals surface area contributed by atoms with Crippen molar-refractivity contribution in [2.45, 2.75) is 12.8 Å². The lowest BCUT2D eigenvalue weighted by Gasteiger charge is -2.22. The van der Waals surface area contributed by atoms with Crippen LogP contribution in [0.3, 0.4) is 0 Å². The number of allylic oxidation sites excluding steroid dienone is 2. The second kappa shape index (κ2) is 4.35. The zero-order chi connectivity index (χ0) is 10.7. The first-order valence-corrected chi connectivity index (χ1v) is 4.67. The van der Waals surface area contributed by atoms with Crippen molar-refractivity contribution in [3.63, 3.8) is 0 Å². The first-order valence-electron chi connectivity index (χ1n) is 4.33. The zero-order valence-electron chi connectivity index (χ0n) is 7.72. The summed E-state index contributed by atoms with van der Waals surface area (Å²) in [7, 11) is 0. The van der Waals surface area contributed by atoms with Crippen molar-refractivity contribution in [1.82, 2.24) is 14.4 Å². The Hall–Kier alpha value is -1.49. The predicted octanol–water partition coefficient (Wildman–Crippen LogP) is 1.70. The molecule has 2 heterocycles. The molecule has 1 aromatic rings. The van der Waals surface area contributed by atoms with Gasteiger partial charge >= 0.3 is 0 Å². The van der Waals surface area contributed by atoms with Gasteiger partial charge in [0.25, 0.3) is 6.42 Å². The highest BCUT2D eigenvalue weighted by Gasteiger charge is 2.19. The highest BCUT2D eigenvalue weighted by atomic mass is 35.5. The molecule has 2 rings (SSSR count). The fourth-order valence-corrected chi connectivity index (χ4v) is 1.38. The number of aromatic nitrogens is 2. The Morgan fingerprint density at radius 1 is 1.53 bits per heavy atom. The molecule has 0 aliphatic carbocycles. The lowest BCUT2D eigenvalue weighted by atomic mass is 10.2. The Morgan fingerprint density at radius 3 is 3.13 bits per heavy atom. The molecule has 1 atom stereocenters. The van der Waals surface area contributed by atoms with Crippen LogP contribution in [0.25, 0.3) is 0 Å². The molecule has 1 aromatic heterocycles. The van der Waals surface area contributed by atoms with E-state index in [2.05, 4.69) is 15.0 Å². The second-order valence-electron chi connectivity index (χ2n) is 2.96. The summed E-state index contributed by atoms with van der Waals surface area (Å²) in [6.07, 6.45) is 5.07. The first kappa shape index (κ1) is 10.0. The molecule has 0 spiro atoms. The van der Waals surface area contributed by atoms with Crippen LogP contribution in [0, 0.1) is 0 Å². The SMILES string of the molecule is FC1N=CC=C(Cc2ccncn2)N1Cl. The van der Waals surface area contributed by atoms with Gasteiger partial charge in [-0.1, -0.05) is 0 Å². The van der Waals surface area contributed by atoms with Crippen LogP contribution in [-0.2, 0) is 6.42 Å². The Morgan fingerprint density at radius 2 is 2.40 bits per heavy atom. The summed E-state index contributed by atoms with van der Waals surface area (Å²) in [5.74, 6) is 0. The molecule has 0 saturated carbocycles. The van der Waals surface area contributed by atoms with Crippen molar-refractivity contribution in [3.05, 3.63) is 36.1 Å². The van der Waals surface area contributed by atoms with Crippen LogP contribution < -0.4 is 0 Å². The first-order chi connectivity index (χ1) is 7.27. The Bertz CT molecular complexity index is 392. The van der Waals surface area contributed by atoms with Gasteiger partial charge < -0.3 is 0 Å². The number of aliphatic imine (C=N–C) groups is 1. The van der Waals surface area contributed by atoms with E-state index in [1.165, 1.54) is 12.5 Å². The van der Waals surface area contributed by atoms with E-state index >= 15 is 0 Å². The maximum Gasteiger partial charge on any atom is 0.280 e. The molecule has 0 amide bonds. The summed E-state index contributed by atoms with van der Waals surface area (Å²) in [4.78, 5) is 11.3. The van der Waals surface area contributed by atoms with Gasteiger partial charge in [-0.3, -0.25) is 0 Å². The Balaban J connectivity index is 2.13. The quantitative estimate of drug-likeness (QED) is 0.569. The molecular weight excluding hydrogens is 219 g/mol. The van der Waals surface area contributed by atoms with Crippen LogP contribution in [-0.4, -0.2) is 27.0 Å². The number of rotatable bonds is 2. The lowest BCUT2D eigenvalue weighted by molar-refractivity contribution is 0.207. The predicted molar refractivity (Wildman–Crippen MR) is 54.9 cm³/mol. The van der Waals surface area contributed by atoms with E-state index in [4.69, 9.17) is 11.8 Å². The summed E-state index contributed by atoms with van der Waals surface area (Å²) >= 11 is 5.72. The van der Waals surface area contributed by atoms with Crippen molar-refractivity contribution in [3.8, 4) is 0 Å². The van der Waals surface area contributed by atoms with Gasteiger partial charge in [0.05, 0.1) is 0 Å². The van der Waals surface area contributed by atoms with Gasteiger partial charge in [0.1, 0.15) is 6.33 Å². The van der Waals surface area contributed by atoms with E-state index in [0.717, 1.165) is 10.1 Å². The van der Waals surface area contributed by atoms with E-state index in [0.29, 0.717) is 12.1 Å². The van der Waals surface area contributed by atoms with Crippen LogP contribution in [0.15, 0.2) is 35.4 Å². The Labute approximate surface area is 91.2 Å². The zero-order valence-corrected chi connectivity index (χ0v) is 8.47. The third kappa shape index (κ3) is 2.30. The van der Waals surface area contributed by atoms with Crippen LogP contribution in [0.5, 0.6) is 0 Å². The molecular formula is C9H8ClFN4. The molecule has 0 bridgehead atoms. The number of hydrogen-bond acceptors (Lipinski definition) is 4. The fraction of sp³-hybridized carbons (Fsp3) is 0.222. The summed E-state index contributed by atoms with van der Waals surface area (Å²) in [6, 6.07) is 1.75. The molecule has 1 aliphatic rings. The summed E-state index contributed by atoms with van der Waals surface area (Å²) in [5, 5.41) is 0. The molecule has 1 aliphatic heterocycles. The molecule has 0 aromatic carbocycles. The maximum absolute atomic E-state index is 13.1. The van der Waals surface area contributed by atoms with Crippen molar-refractivity contribution in [1.29, 1.82) is 0 Å². The highest BCUT2D eigenvalue weighted by molar-refractivity contribution is 6.15. The second-order valence-corrected chi connectivity index (χ2v) is 3.32. The lowest BCUT2D eigenvalue weighted by Crippen LogP contribution is -2.24. The highest BCUT2D eigenvalue weighted by Crippen LogP contribution is 2.20. The third-order valence-corrected chi connectivity index (χ3v) is 2.32. The number of hydrogen-bond donors (Lipinski definition) is 0. The standard InChI is InChI=1S/C9H8ClFN4/c10-15-8(2-4-13-9(15)11)5-7-1-3-12-6-14-7/h1-4,6,9H,5H2. The molecule has 0 saturated heterocycles. The average Bonchev–Trinajstić information content (AvgIpc) is 2.26. The fourth-order valence-electron chi connectivity index (χ4n) is 1.21. The topological polar surface area (TPSA) is 41.4 Å². The van der Waals surface area contributed by atoms with Gasteiger partial charge in [0, 0.05) is 42.0 Å². The molecule has 6 heteroatoms. The van der Waals surface area contributed by atoms with Crippen LogP contribution in [0.2, 0.25) is 0 Å². The van der Waals surface area contributed by atoms with Crippen LogP contribution >= 0.6 is 11.8 Å². The normalized spacial score (nSPS) is 20.3. The molecule has 0 N–H and O–H groups in total. The van der Waals surface area contributed by atoms with Gasteiger partial charge in [-0.25, -0.2) is 19.4 Å². The maximum atomic E-state index is 13.1. The van der Waals surface area contributed by atoms with Gasteiger partial charge in [-0.15, -0.1) is 0 Å². The van der Waals surface area contributed by atoms with Gasteiger partial charge in [0.15, 0.2) is 0 Å². The van der Waals surface area contributed by atoms with Gasteiger partial charge in [-0.05, 0) is 12.1 Å². The van der Waals surface area contributed by atoms with Crippen molar-refractivity contribution >= 4 is 18.0 Å². The molecule has 1 unspecified atom stereocenters. The summed E-state index contributed by atoms with van der Waals surface area (Å²) in [5.41, 5.74) is 1.40. The minimum Gasteiger partial charge on any atom is -0.245 e. The molecule has 15 heavy (non-hydrogen) atoms. The van der Waals surface area contributed by atoms with Crippen LogP contribution in [0.1, 0.15) is 5.69 Å². The smallest absolute Gasteiger partial charge is 0.245 e.